The Kier molecular flexibility index (Phi) is 5.59. The van der Waals surface area contributed by atoms with Gasteiger partial charge in [0.05, 0.1) is 6.61 Å². The van der Waals surface area contributed by atoms with Crippen molar-refractivity contribution < 1.29 is 19.1 Å². The quantitative estimate of drug-likeness (QED) is 0.437. The fourth-order valence-corrected chi connectivity index (χ4v) is 2.76. The molecule has 0 aromatic rings. The fraction of sp³-hybridized carbons (Fsp3) is 0.800. The van der Waals surface area contributed by atoms with E-state index >= 15 is 0 Å². The van der Waals surface area contributed by atoms with Gasteiger partial charge in [-0.15, -0.1) is 0 Å². The summed E-state index contributed by atoms with van der Waals surface area (Å²) in [4.78, 5) is 38.3. The van der Waals surface area contributed by atoms with Crippen LogP contribution in [0.25, 0.3) is 0 Å². The molecule has 2 rings (SSSR count). The highest BCUT2D eigenvalue weighted by molar-refractivity contribution is 6.32. The summed E-state index contributed by atoms with van der Waals surface area (Å²) in [6.07, 6.45) is 3.99. The summed E-state index contributed by atoms with van der Waals surface area (Å²) in [5.74, 6) is -0.514. The van der Waals surface area contributed by atoms with Crippen LogP contribution in [0.5, 0.6) is 0 Å². The summed E-state index contributed by atoms with van der Waals surface area (Å²) < 4.78 is 5.01. The van der Waals surface area contributed by atoms with Gasteiger partial charge >= 0.3 is 11.9 Å². The monoisotopic (exact) mass is 296 g/mol. The zero-order valence-corrected chi connectivity index (χ0v) is 12.7. The van der Waals surface area contributed by atoms with Crippen molar-refractivity contribution in [2.75, 3.05) is 32.8 Å². The maximum Gasteiger partial charge on any atom is 0.397 e. The number of likely N-dealkylation sites (tertiary alicyclic amines) is 2. The van der Waals surface area contributed by atoms with Crippen LogP contribution in [0.1, 0.15) is 39.0 Å². The molecule has 0 N–H and O–H groups in total. The molecule has 6 heteroatoms. The van der Waals surface area contributed by atoms with E-state index in [0.29, 0.717) is 38.4 Å². The number of piperidine rings is 1. The van der Waals surface area contributed by atoms with E-state index in [1.807, 2.05) is 0 Å². The van der Waals surface area contributed by atoms with E-state index in [4.69, 9.17) is 4.74 Å². The largest absolute Gasteiger partial charge is 0.458 e. The van der Waals surface area contributed by atoms with Crippen molar-refractivity contribution in [2.24, 2.45) is 5.92 Å². The van der Waals surface area contributed by atoms with Gasteiger partial charge in [0, 0.05) is 32.6 Å². The van der Waals surface area contributed by atoms with Crippen LogP contribution in [0.2, 0.25) is 0 Å². The Hall–Kier alpha value is -1.59. The number of rotatable bonds is 4. The number of hydrogen-bond acceptors (Lipinski definition) is 4. The first kappa shape index (κ1) is 15.8. The van der Waals surface area contributed by atoms with Gasteiger partial charge in [0.25, 0.3) is 0 Å². The summed E-state index contributed by atoms with van der Waals surface area (Å²) in [6, 6.07) is 0. The fourth-order valence-electron chi connectivity index (χ4n) is 2.76. The van der Waals surface area contributed by atoms with Crippen molar-refractivity contribution in [1.82, 2.24) is 9.80 Å². The first-order valence-electron chi connectivity index (χ1n) is 7.81. The van der Waals surface area contributed by atoms with Crippen LogP contribution < -0.4 is 0 Å². The lowest BCUT2D eigenvalue weighted by molar-refractivity contribution is -0.161. The lowest BCUT2D eigenvalue weighted by atomic mass is 9.99. The molecule has 2 saturated heterocycles. The molecule has 21 heavy (non-hydrogen) atoms. The van der Waals surface area contributed by atoms with Crippen LogP contribution in [0.3, 0.4) is 0 Å². The molecule has 118 valence electrons. The predicted molar refractivity (Wildman–Crippen MR) is 76.4 cm³/mol. The molecular formula is C15H24N2O4. The second-order valence-electron chi connectivity index (χ2n) is 5.95. The number of ether oxygens (including phenoxy) is 1. The third-order valence-electron chi connectivity index (χ3n) is 4.22. The third kappa shape index (κ3) is 4.44. The normalized spacial score (nSPS) is 20.0. The van der Waals surface area contributed by atoms with E-state index < -0.39 is 11.9 Å². The van der Waals surface area contributed by atoms with E-state index in [2.05, 4.69) is 6.92 Å². The van der Waals surface area contributed by atoms with Crippen molar-refractivity contribution in [1.29, 1.82) is 0 Å². The van der Waals surface area contributed by atoms with Crippen molar-refractivity contribution >= 4 is 17.8 Å². The highest BCUT2D eigenvalue weighted by Gasteiger charge is 2.26. The number of hydrogen-bond donors (Lipinski definition) is 0. The summed E-state index contributed by atoms with van der Waals surface area (Å²) in [5, 5.41) is 0. The molecule has 2 aliphatic rings. The summed E-state index contributed by atoms with van der Waals surface area (Å²) in [6.45, 7) is 5.01. The standard InChI is InChI=1S/C15H24N2O4/c1-12-5-9-17(10-6-12)14(19)15(20)21-11-3-8-16-7-2-4-13(16)18/h12H,2-11H2,1H3. The molecule has 2 heterocycles. The minimum absolute atomic E-state index is 0.167. The third-order valence-corrected chi connectivity index (χ3v) is 4.22. The second kappa shape index (κ2) is 7.43. The smallest absolute Gasteiger partial charge is 0.397 e. The Labute approximate surface area is 125 Å². The first-order chi connectivity index (χ1) is 10.1. The zero-order valence-electron chi connectivity index (χ0n) is 12.7. The van der Waals surface area contributed by atoms with Crippen LogP contribution in [-0.2, 0) is 19.1 Å². The Balaban J connectivity index is 1.62. The second-order valence-corrected chi connectivity index (χ2v) is 5.95. The molecule has 0 spiro atoms. The van der Waals surface area contributed by atoms with Crippen LogP contribution in [0.4, 0.5) is 0 Å². The molecule has 6 nitrogen and oxygen atoms in total. The van der Waals surface area contributed by atoms with Crippen LogP contribution in [-0.4, -0.2) is 60.4 Å². The van der Waals surface area contributed by atoms with E-state index in [-0.39, 0.29) is 12.5 Å². The van der Waals surface area contributed by atoms with E-state index in [1.165, 1.54) is 0 Å². The highest BCUT2D eigenvalue weighted by atomic mass is 16.5. The van der Waals surface area contributed by atoms with Crippen molar-refractivity contribution in [3.05, 3.63) is 0 Å². The van der Waals surface area contributed by atoms with E-state index in [0.717, 1.165) is 25.8 Å². The van der Waals surface area contributed by atoms with Crippen molar-refractivity contribution in [3.8, 4) is 0 Å². The van der Waals surface area contributed by atoms with Gasteiger partial charge < -0.3 is 14.5 Å². The van der Waals surface area contributed by atoms with Gasteiger partial charge in [0.15, 0.2) is 0 Å². The SMILES string of the molecule is CC1CCN(C(=O)C(=O)OCCCN2CCCC2=O)CC1. The Morgan fingerprint density at radius 2 is 1.95 bits per heavy atom. The van der Waals surface area contributed by atoms with E-state index in [9.17, 15) is 14.4 Å². The molecule has 2 fully saturated rings. The maximum absolute atomic E-state index is 11.9. The number of carbonyl (C=O) groups excluding carboxylic acids is 3. The van der Waals surface area contributed by atoms with E-state index in [1.54, 1.807) is 9.80 Å². The number of nitrogens with zero attached hydrogens (tertiary/aromatic N) is 2. The first-order valence-corrected chi connectivity index (χ1v) is 7.81. The Morgan fingerprint density at radius 1 is 1.24 bits per heavy atom. The minimum Gasteiger partial charge on any atom is -0.458 e. The van der Waals surface area contributed by atoms with Gasteiger partial charge in [-0.1, -0.05) is 6.92 Å². The zero-order chi connectivity index (χ0) is 15.2. The molecule has 2 aliphatic heterocycles. The molecule has 0 atom stereocenters. The summed E-state index contributed by atoms with van der Waals surface area (Å²) >= 11 is 0. The van der Waals surface area contributed by atoms with Gasteiger partial charge in [0.1, 0.15) is 0 Å². The minimum atomic E-state index is -0.766. The van der Waals surface area contributed by atoms with Gasteiger partial charge in [0.2, 0.25) is 5.91 Å². The molecule has 0 aliphatic carbocycles. The van der Waals surface area contributed by atoms with Crippen LogP contribution in [0.15, 0.2) is 0 Å². The highest BCUT2D eigenvalue weighted by Crippen LogP contribution is 2.16. The van der Waals surface area contributed by atoms with Gasteiger partial charge in [-0.05, 0) is 31.6 Å². The Bertz CT molecular complexity index is 402. The lowest BCUT2D eigenvalue weighted by Crippen LogP contribution is -2.42. The van der Waals surface area contributed by atoms with Crippen molar-refractivity contribution in [3.63, 3.8) is 0 Å². The molecule has 0 saturated carbocycles. The molecular weight excluding hydrogens is 272 g/mol. The topological polar surface area (TPSA) is 66.9 Å². The van der Waals surface area contributed by atoms with Gasteiger partial charge in [-0.2, -0.15) is 0 Å². The number of carbonyl (C=O) groups is 3. The van der Waals surface area contributed by atoms with Crippen LogP contribution in [0, 0.1) is 5.92 Å². The van der Waals surface area contributed by atoms with Gasteiger partial charge in [-0.25, -0.2) is 4.79 Å². The molecule has 0 aromatic heterocycles. The molecule has 0 bridgehead atoms. The number of esters is 1. The molecule has 0 radical (unpaired) electrons. The molecule has 0 aromatic carbocycles. The summed E-state index contributed by atoms with van der Waals surface area (Å²) in [5.41, 5.74) is 0. The van der Waals surface area contributed by atoms with Gasteiger partial charge in [-0.3, -0.25) is 9.59 Å². The van der Waals surface area contributed by atoms with Crippen molar-refractivity contribution in [2.45, 2.75) is 39.0 Å². The lowest BCUT2D eigenvalue weighted by Gasteiger charge is -2.29. The summed E-state index contributed by atoms with van der Waals surface area (Å²) in [7, 11) is 0. The maximum atomic E-state index is 11.9. The Morgan fingerprint density at radius 3 is 2.57 bits per heavy atom. The molecule has 0 unspecified atom stereocenters. The van der Waals surface area contributed by atoms with Crippen LogP contribution >= 0.6 is 0 Å². The average Bonchev–Trinajstić information content (AvgIpc) is 2.89. The average molecular weight is 296 g/mol. The predicted octanol–water partition coefficient (Wildman–Crippen LogP) is 0.801. The number of amides is 2. The molecule has 2 amide bonds.